The smallest absolute Gasteiger partial charge is 0.241 e. The molecule has 160 valence electrons. The van der Waals surface area contributed by atoms with E-state index in [2.05, 4.69) is 32.2 Å². The summed E-state index contributed by atoms with van der Waals surface area (Å²) in [7, 11) is 0. The number of hydrogen-bond acceptors (Lipinski definition) is 6. The maximum Gasteiger partial charge on any atom is 0.241 e. The van der Waals surface area contributed by atoms with Crippen LogP contribution in [0, 0.1) is 0 Å². The highest BCUT2D eigenvalue weighted by atomic mass is 16.7. The Morgan fingerprint density at radius 3 is 2.77 bits per heavy atom. The van der Waals surface area contributed by atoms with E-state index in [1.165, 1.54) is 5.56 Å². The van der Waals surface area contributed by atoms with Gasteiger partial charge in [-0.25, -0.2) is 0 Å². The third-order valence-corrected chi connectivity index (χ3v) is 6.08. The van der Waals surface area contributed by atoms with E-state index in [1.807, 2.05) is 43.3 Å². The van der Waals surface area contributed by atoms with Crippen molar-refractivity contribution >= 4 is 22.5 Å². The number of ether oxygens (including phenoxy) is 2. The molecule has 1 amide bonds. The van der Waals surface area contributed by atoms with Crippen molar-refractivity contribution < 1.29 is 14.3 Å². The lowest BCUT2D eigenvalue weighted by atomic mass is 10.1. The van der Waals surface area contributed by atoms with Gasteiger partial charge in [0.25, 0.3) is 0 Å². The molecule has 0 spiro atoms. The number of carbonyl (C=O) groups excluding carboxylic acids is 1. The van der Waals surface area contributed by atoms with E-state index in [9.17, 15) is 4.79 Å². The number of pyridine rings is 1. The summed E-state index contributed by atoms with van der Waals surface area (Å²) >= 11 is 0. The molecule has 3 heterocycles. The van der Waals surface area contributed by atoms with Gasteiger partial charge in [0.1, 0.15) is 0 Å². The largest absolute Gasteiger partial charge is 0.454 e. The van der Waals surface area contributed by atoms with Crippen molar-refractivity contribution in [2.24, 2.45) is 0 Å². The number of amides is 1. The molecule has 3 aromatic rings. The van der Waals surface area contributed by atoms with Gasteiger partial charge in [-0.1, -0.05) is 12.1 Å². The van der Waals surface area contributed by atoms with Crippen LogP contribution in [-0.4, -0.2) is 59.7 Å². The molecule has 2 aromatic carbocycles. The van der Waals surface area contributed by atoms with Gasteiger partial charge in [-0.2, -0.15) is 0 Å². The second kappa shape index (κ2) is 8.53. The van der Waals surface area contributed by atoms with Crippen LogP contribution in [0.25, 0.3) is 10.9 Å². The topological polar surface area (TPSA) is 66.9 Å². The van der Waals surface area contributed by atoms with E-state index >= 15 is 0 Å². The van der Waals surface area contributed by atoms with Crippen LogP contribution in [0.15, 0.2) is 54.7 Å². The van der Waals surface area contributed by atoms with Crippen LogP contribution in [0.1, 0.15) is 12.5 Å². The van der Waals surface area contributed by atoms with Crippen LogP contribution in [-0.2, 0) is 11.3 Å². The number of fused-ring (bicyclic) bond motifs is 2. The van der Waals surface area contributed by atoms with E-state index in [0.717, 1.165) is 60.8 Å². The van der Waals surface area contributed by atoms with Crippen molar-refractivity contribution in [2.75, 3.05) is 38.3 Å². The van der Waals surface area contributed by atoms with Gasteiger partial charge in [0.2, 0.25) is 12.7 Å². The Kier molecular flexibility index (Phi) is 5.44. The highest BCUT2D eigenvalue weighted by Gasteiger charge is 2.26. The first-order chi connectivity index (χ1) is 15.2. The molecule has 0 unspecified atom stereocenters. The standard InChI is InChI=1S/C24H26N4O3/c1-17(24(29)26-21-6-2-5-20-19(21)4-3-9-25-20)28-12-10-27(11-13-28)15-18-7-8-22-23(14-18)31-16-30-22/h2-9,14,17H,10-13,15-16H2,1H3,(H,26,29)/t17-/m1/s1. The average Bonchev–Trinajstić information content (AvgIpc) is 3.27. The van der Waals surface area contributed by atoms with Gasteiger partial charge >= 0.3 is 0 Å². The predicted octanol–water partition coefficient (Wildman–Crippen LogP) is 3.11. The lowest BCUT2D eigenvalue weighted by Crippen LogP contribution is -2.52. The van der Waals surface area contributed by atoms with Crippen LogP contribution in [0.4, 0.5) is 5.69 Å². The summed E-state index contributed by atoms with van der Waals surface area (Å²) in [6.07, 6.45) is 1.76. The van der Waals surface area contributed by atoms with Crippen LogP contribution in [0.3, 0.4) is 0 Å². The second-order valence-electron chi connectivity index (χ2n) is 8.04. The summed E-state index contributed by atoms with van der Waals surface area (Å²) in [5.74, 6) is 1.65. The van der Waals surface area contributed by atoms with Gasteiger partial charge in [0.05, 0.1) is 17.2 Å². The molecule has 1 fully saturated rings. The molecule has 2 aliphatic rings. The van der Waals surface area contributed by atoms with Crippen molar-refractivity contribution in [2.45, 2.75) is 19.5 Å². The van der Waals surface area contributed by atoms with E-state index in [-0.39, 0.29) is 11.9 Å². The highest BCUT2D eigenvalue weighted by Crippen LogP contribution is 2.33. The number of nitrogens with zero attached hydrogens (tertiary/aromatic N) is 3. The summed E-state index contributed by atoms with van der Waals surface area (Å²) in [5.41, 5.74) is 2.90. The Morgan fingerprint density at radius 1 is 1.06 bits per heavy atom. The number of anilines is 1. The van der Waals surface area contributed by atoms with Gasteiger partial charge in [0, 0.05) is 44.3 Å². The molecule has 1 atom stereocenters. The molecule has 7 nitrogen and oxygen atoms in total. The van der Waals surface area contributed by atoms with Crippen LogP contribution < -0.4 is 14.8 Å². The first-order valence-corrected chi connectivity index (χ1v) is 10.7. The fourth-order valence-corrected chi connectivity index (χ4v) is 4.22. The lowest BCUT2D eigenvalue weighted by Gasteiger charge is -2.37. The van der Waals surface area contributed by atoms with Gasteiger partial charge < -0.3 is 14.8 Å². The molecular weight excluding hydrogens is 392 g/mol. The maximum absolute atomic E-state index is 12.9. The Balaban J connectivity index is 1.17. The molecule has 7 heteroatoms. The first kappa shape index (κ1) is 19.8. The minimum absolute atomic E-state index is 0.0144. The molecule has 1 N–H and O–H groups in total. The lowest BCUT2D eigenvalue weighted by molar-refractivity contribution is -0.121. The zero-order valence-electron chi connectivity index (χ0n) is 17.6. The molecule has 1 aromatic heterocycles. The molecule has 0 radical (unpaired) electrons. The second-order valence-corrected chi connectivity index (χ2v) is 8.04. The fraction of sp³-hybridized carbons (Fsp3) is 0.333. The maximum atomic E-state index is 12.9. The fourth-order valence-electron chi connectivity index (χ4n) is 4.22. The molecule has 1 saturated heterocycles. The van der Waals surface area contributed by atoms with E-state index in [4.69, 9.17) is 9.47 Å². The summed E-state index contributed by atoms with van der Waals surface area (Å²) in [4.78, 5) is 21.9. The first-order valence-electron chi connectivity index (χ1n) is 10.7. The predicted molar refractivity (Wildman–Crippen MR) is 119 cm³/mol. The Hall–Kier alpha value is -3.16. The number of nitrogens with one attached hydrogen (secondary N) is 1. The molecule has 2 aliphatic heterocycles. The zero-order chi connectivity index (χ0) is 21.2. The number of aromatic nitrogens is 1. The SMILES string of the molecule is C[C@H](C(=O)Nc1cccc2ncccc12)N1CCN(Cc2ccc3c(c2)OCO3)CC1. The Labute approximate surface area is 181 Å². The van der Waals surface area contributed by atoms with E-state index < -0.39 is 0 Å². The van der Waals surface area contributed by atoms with Crippen LogP contribution in [0.5, 0.6) is 11.5 Å². The third-order valence-electron chi connectivity index (χ3n) is 6.08. The molecule has 31 heavy (non-hydrogen) atoms. The van der Waals surface area contributed by atoms with Crippen molar-refractivity contribution in [3.05, 3.63) is 60.3 Å². The van der Waals surface area contributed by atoms with Gasteiger partial charge in [-0.15, -0.1) is 0 Å². The number of hydrogen-bond donors (Lipinski definition) is 1. The van der Waals surface area contributed by atoms with Crippen LogP contribution >= 0.6 is 0 Å². The van der Waals surface area contributed by atoms with Gasteiger partial charge in [-0.3, -0.25) is 19.6 Å². The summed E-state index contributed by atoms with van der Waals surface area (Å²) < 4.78 is 10.9. The average molecular weight is 418 g/mol. The number of piperazine rings is 1. The quantitative estimate of drug-likeness (QED) is 0.687. The minimum Gasteiger partial charge on any atom is -0.454 e. The van der Waals surface area contributed by atoms with Crippen LogP contribution in [0.2, 0.25) is 0 Å². The molecule has 0 aliphatic carbocycles. The molecule has 0 saturated carbocycles. The van der Waals surface area contributed by atoms with Gasteiger partial charge in [0.15, 0.2) is 11.5 Å². The van der Waals surface area contributed by atoms with Crippen molar-refractivity contribution in [1.82, 2.24) is 14.8 Å². The normalized spacial score (nSPS) is 17.6. The number of rotatable bonds is 5. The summed E-state index contributed by atoms with van der Waals surface area (Å²) in [6, 6.07) is 15.6. The third kappa shape index (κ3) is 4.19. The summed E-state index contributed by atoms with van der Waals surface area (Å²) in [5, 5.41) is 4.05. The monoisotopic (exact) mass is 418 g/mol. The van der Waals surface area contributed by atoms with E-state index in [1.54, 1.807) is 6.20 Å². The Bertz CT molecular complexity index is 1090. The zero-order valence-corrected chi connectivity index (χ0v) is 17.6. The van der Waals surface area contributed by atoms with Crippen molar-refractivity contribution in [1.29, 1.82) is 0 Å². The minimum atomic E-state index is -0.195. The Morgan fingerprint density at radius 2 is 1.90 bits per heavy atom. The highest BCUT2D eigenvalue weighted by molar-refractivity contribution is 6.02. The molecular formula is C24H26N4O3. The van der Waals surface area contributed by atoms with E-state index in [0.29, 0.717) is 6.79 Å². The number of benzene rings is 2. The van der Waals surface area contributed by atoms with Crippen molar-refractivity contribution in [3.8, 4) is 11.5 Å². The summed E-state index contributed by atoms with van der Waals surface area (Å²) in [6.45, 7) is 6.70. The molecule has 0 bridgehead atoms. The van der Waals surface area contributed by atoms with Crippen molar-refractivity contribution in [3.63, 3.8) is 0 Å². The van der Waals surface area contributed by atoms with Gasteiger partial charge in [-0.05, 0) is 48.9 Å². The number of carbonyl (C=O) groups is 1. The molecule has 5 rings (SSSR count).